The molecule has 0 aromatic heterocycles. The van der Waals surface area contributed by atoms with Gasteiger partial charge in [-0.25, -0.2) is 0 Å². The lowest BCUT2D eigenvalue weighted by Gasteiger charge is -2.33. The van der Waals surface area contributed by atoms with Crippen molar-refractivity contribution >= 4 is 29.1 Å². The summed E-state index contributed by atoms with van der Waals surface area (Å²) in [7, 11) is 0. The third kappa shape index (κ3) is 5.57. The molecule has 2 bridgehead atoms. The number of hydrogen-bond donors (Lipinski definition) is 3. The summed E-state index contributed by atoms with van der Waals surface area (Å²) in [4.78, 5) is 45.4. The van der Waals surface area contributed by atoms with Crippen LogP contribution in [0.4, 0.5) is 11.4 Å². The lowest BCUT2D eigenvalue weighted by molar-refractivity contribution is -0.141. The van der Waals surface area contributed by atoms with Gasteiger partial charge in [0.25, 0.3) is 0 Å². The van der Waals surface area contributed by atoms with Gasteiger partial charge in [0, 0.05) is 44.2 Å². The maximum absolute atomic E-state index is 14.0. The standard InChI is InChI=1S/C32H42N4O5/c1-3-35(4-2)24-15-13-23(14-16-24)34-30(39)28-32-18-17-25(41-32)26(29(38)33-21-22-11-7-5-8-12-22)27(32)31(40)36(28)19-9-6-10-20-37/h5,7-8,11-16,25-28,37H,3-4,6,9-10,17-21H2,1-2H3,(H,33,38)(H,34,39)/t25-,26+,27-,28?,32?/m0/s1. The Morgan fingerprint density at radius 1 is 1.02 bits per heavy atom. The molecule has 0 saturated carbocycles. The average molecular weight is 563 g/mol. The number of aliphatic hydroxyl groups is 1. The molecule has 2 unspecified atom stereocenters. The maximum Gasteiger partial charge on any atom is 0.250 e. The number of fused-ring (bicyclic) bond motifs is 1. The van der Waals surface area contributed by atoms with Gasteiger partial charge < -0.3 is 30.3 Å². The van der Waals surface area contributed by atoms with E-state index in [1.807, 2.05) is 54.6 Å². The molecule has 5 atom stereocenters. The van der Waals surface area contributed by atoms with E-state index in [0.717, 1.165) is 30.8 Å². The van der Waals surface area contributed by atoms with Crippen LogP contribution in [0, 0.1) is 11.8 Å². The number of benzene rings is 2. The first-order valence-corrected chi connectivity index (χ1v) is 15.0. The Labute approximate surface area is 242 Å². The zero-order valence-corrected chi connectivity index (χ0v) is 24.1. The number of carbonyl (C=O) groups is 3. The van der Waals surface area contributed by atoms with Crippen LogP contribution in [0.5, 0.6) is 0 Å². The molecule has 3 N–H and O–H groups in total. The number of ether oxygens (including phenoxy) is 1. The van der Waals surface area contributed by atoms with Crippen LogP contribution in [0.2, 0.25) is 0 Å². The number of carbonyl (C=O) groups excluding carboxylic acids is 3. The third-order valence-corrected chi connectivity index (χ3v) is 8.98. The molecule has 9 heteroatoms. The molecular formula is C32H42N4O5. The monoisotopic (exact) mass is 562 g/mol. The second-order valence-electron chi connectivity index (χ2n) is 11.3. The highest BCUT2D eigenvalue weighted by atomic mass is 16.5. The molecule has 0 radical (unpaired) electrons. The van der Waals surface area contributed by atoms with E-state index in [1.54, 1.807) is 4.90 Å². The van der Waals surface area contributed by atoms with Crippen LogP contribution in [0.15, 0.2) is 54.6 Å². The van der Waals surface area contributed by atoms with Crippen molar-refractivity contribution in [3.8, 4) is 0 Å². The minimum absolute atomic E-state index is 0.0857. The predicted molar refractivity (Wildman–Crippen MR) is 157 cm³/mol. The number of anilines is 2. The molecule has 5 rings (SSSR count). The lowest BCUT2D eigenvalue weighted by atomic mass is 9.70. The molecular weight excluding hydrogens is 520 g/mol. The van der Waals surface area contributed by atoms with Crippen molar-refractivity contribution in [2.24, 2.45) is 11.8 Å². The fraction of sp³-hybridized carbons (Fsp3) is 0.531. The molecule has 3 aliphatic rings. The molecule has 9 nitrogen and oxygen atoms in total. The van der Waals surface area contributed by atoms with Gasteiger partial charge in [-0.15, -0.1) is 0 Å². The summed E-state index contributed by atoms with van der Waals surface area (Å²) in [5.41, 5.74) is 1.68. The first kappa shape index (κ1) is 29.1. The van der Waals surface area contributed by atoms with Gasteiger partial charge in [-0.2, -0.15) is 0 Å². The summed E-state index contributed by atoms with van der Waals surface area (Å²) in [6.07, 6.45) is 2.83. The molecule has 3 heterocycles. The number of hydrogen-bond acceptors (Lipinski definition) is 6. The van der Waals surface area contributed by atoms with Crippen LogP contribution in [-0.2, 0) is 25.7 Å². The molecule has 3 amide bonds. The number of aliphatic hydroxyl groups excluding tert-OH is 1. The van der Waals surface area contributed by atoms with Gasteiger partial charge in [0.05, 0.1) is 17.9 Å². The Bertz CT molecular complexity index is 1220. The van der Waals surface area contributed by atoms with Crippen LogP contribution < -0.4 is 15.5 Å². The molecule has 1 spiro atoms. The fourth-order valence-corrected chi connectivity index (χ4v) is 7.02. The van der Waals surface area contributed by atoms with Crippen LogP contribution >= 0.6 is 0 Å². The molecule has 3 saturated heterocycles. The lowest BCUT2D eigenvalue weighted by Crippen LogP contribution is -2.53. The molecule has 2 aromatic carbocycles. The van der Waals surface area contributed by atoms with Gasteiger partial charge in [-0.05, 0) is 75.8 Å². The second-order valence-corrected chi connectivity index (χ2v) is 11.3. The van der Waals surface area contributed by atoms with Crippen LogP contribution in [-0.4, -0.2) is 71.7 Å². The van der Waals surface area contributed by atoms with E-state index in [-0.39, 0.29) is 30.4 Å². The van der Waals surface area contributed by atoms with Crippen LogP contribution in [0.3, 0.4) is 0 Å². The SMILES string of the molecule is CCN(CC)c1ccc(NC(=O)C2N(CCCCCO)C(=O)[C@@H]3[C@H](C(=O)NCc4ccccc4)[C@@H]4CCC23O4)cc1. The van der Waals surface area contributed by atoms with Crippen molar-refractivity contribution in [3.63, 3.8) is 0 Å². The summed E-state index contributed by atoms with van der Waals surface area (Å²) < 4.78 is 6.52. The van der Waals surface area contributed by atoms with Gasteiger partial charge in [0.1, 0.15) is 11.6 Å². The van der Waals surface area contributed by atoms with Crippen LogP contribution in [0.25, 0.3) is 0 Å². The van der Waals surface area contributed by atoms with E-state index in [4.69, 9.17) is 4.74 Å². The minimum atomic E-state index is -1.03. The molecule has 2 aromatic rings. The van der Waals surface area contributed by atoms with Crippen molar-refractivity contribution in [1.82, 2.24) is 10.2 Å². The van der Waals surface area contributed by atoms with Gasteiger partial charge in [-0.1, -0.05) is 30.3 Å². The number of nitrogens with one attached hydrogen (secondary N) is 2. The number of likely N-dealkylation sites (tertiary alicyclic amines) is 1. The number of unbranched alkanes of at least 4 members (excludes halogenated alkanes) is 2. The summed E-state index contributed by atoms with van der Waals surface area (Å²) in [6.45, 7) is 6.82. The molecule has 0 aliphatic carbocycles. The molecule has 220 valence electrons. The zero-order valence-electron chi connectivity index (χ0n) is 24.1. The maximum atomic E-state index is 14.0. The second kappa shape index (κ2) is 12.6. The van der Waals surface area contributed by atoms with Crippen molar-refractivity contribution < 1.29 is 24.2 Å². The van der Waals surface area contributed by atoms with E-state index < -0.39 is 23.5 Å². The van der Waals surface area contributed by atoms with Crippen molar-refractivity contribution in [2.45, 2.75) is 70.2 Å². The summed E-state index contributed by atoms with van der Waals surface area (Å²) >= 11 is 0. The average Bonchev–Trinajstić information content (AvgIpc) is 3.63. The Hall–Kier alpha value is -3.43. The molecule has 3 fully saturated rings. The topological polar surface area (TPSA) is 111 Å². The quantitative estimate of drug-likeness (QED) is 0.323. The highest BCUT2D eigenvalue weighted by Crippen LogP contribution is 2.58. The summed E-state index contributed by atoms with van der Waals surface area (Å²) in [6, 6.07) is 16.6. The van der Waals surface area contributed by atoms with E-state index in [9.17, 15) is 19.5 Å². The van der Waals surface area contributed by atoms with Crippen molar-refractivity contribution in [1.29, 1.82) is 0 Å². The number of rotatable bonds is 13. The number of nitrogens with zero attached hydrogens (tertiary/aromatic N) is 2. The van der Waals surface area contributed by atoms with Crippen molar-refractivity contribution in [3.05, 3.63) is 60.2 Å². The van der Waals surface area contributed by atoms with Gasteiger partial charge >= 0.3 is 0 Å². The summed E-state index contributed by atoms with van der Waals surface area (Å²) in [5.74, 6) is -2.01. The zero-order chi connectivity index (χ0) is 29.0. The predicted octanol–water partition coefficient (Wildman–Crippen LogP) is 3.32. The van der Waals surface area contributed by atoms with Crippen molar-refractivity contribution in [2.75, 3.05) is 36.5 Å². The Morgan fingerprint density at radius 2 is 1.76 bits per heavy atom. The van der Waals surface area contributed by atoms with Crippen LogP contribution in [0.1, 0.15) is 51.5 Å². The largest absolute Gasteiger partial charge is 0.396 e. The third-order valence-electron chi connectivity index (χ3n) is 8.98. The van der Waals surface area contributed by atoms with E-state index >= 15 is 0 Å². The van der Waals surface area contributed by atoms with Gasteiger partial charge in [-0.3, -0.25) is 14.4 Å². The first-order chi connectivity index (χ1) is 19.9. The highest BCUT2D eigenvalue weighted by Gasteiger charge is 2.74. The van der Waals surface area contributed by atoms with Gasteiger partial charge in [0.15, 0.2) is 0 Å². The summed E-state index contributed by atoms with van der Waals surface area (Å²) in [5, 5.41) is 15.3. The Balaban J connectivity index is 1.37. The smallest absolute Gasteiger partial charge is 0.250 e. The van der Waals surface area contributed by atoms with E-state index in [2.05, 4.69) is 29.4 Å². The Kier molecular flexibility index (Phi) is 8.94. The highest BCUT2D eigenvalue weighted by molar-refractivity contribution is 6.03. The van der Waals surface area contributed by atoms with Gasteiger partial charge in [0.2, 0.25) is 17.7 Å². The number of amides is 3. The molecule has 41 heavy (non-hydrogen) atoms. The minimum Gasteiger partial charge on any atom is -0.396 e. The van der Waals surface area contributed by atoms with E-state index in [0.29, 0.717) is 44.5 Å². The first-order valence-electron chi connectivity index (χ1n) is 15.0. The molecule has 3 aliphatic heterocycles. The Morgan fingerprint density at radius 3 is 2.44 bits per heavy atom. The fourth-order valence-electron chi connectivity index (χ4n) is 7.02. The van der Waals surface area contributed by atoms with E-state index in [1.165, 1.54) is 0 Å². The normalized spacial score (nSPS) is 26.2.